The lowest BCUT2D eigenvalue weighted by molar-refractivity contribution is 0.0952. The Labute approximate surface area is 168 Å². The number of halogens is 1. The van der Waals surface area contributed by atoms with Crippen molar-refractivity contribution in [1.82, 2.24) is 14.9 Å². The lowest BCUT2D eigenvalue weighted by Crippen LogP contribution is -2.25. The summed E-state index contributed by atoms with van der Waals surface area (Å²) in [5, 5.41) is 2.79. The van der Waals surface area contributed by atoms with Gasteiger partial charge >= 0.3 is 0 Å². The number of hydrogen-bond acceptors (Lipinski definition) is 4. The molecule has 2 aromatic carbocycles. The average Bonchev–Trinajstić information content (AvgIpc) is 3.11. The van der Waals surface area contributed by atoms with Crippen LogP contribution in [0.5, 0.6) is 0 Å². The molecule has 0 unspecified atom stereocenters. The summed E-state index contributed by atoms with van der Waals surface area (Å²) < 4.78 is 42.4. The van der Waals surface area contributed by atoms with Gasteiger partial charge in [-0.1, -0.05) is 6.07 Å². The highest BCUT2D eigenvalue weighted by Gasteiger charge is 2.16. The number of sulfonamides is 1. The Bertz CT molecular complexity index is 1090. The van der Waals surface area contributed by atoms with Crippen LogP contribution >= 0.6 is 0 Å². The molecule has 2 N–H and O–H groups in total. The number of aryl methyl sites for hydroxylation is 2. The zero-order valence-corrected chi connectivity index (χ0v) is 16.6. The van der Waals surface area contributed by atoms with Crippen molar-refractivity contribution < 1.29 is 17.6 Å². The van der Waals surface area contributed by atoms with Crippen molar-refractivity contribution >= 4 is 21.6 Å². The van der Waals surface area contributed by atoms with E-state index in [0.717, 1.165) is 24.5 Å². The Hall–Kier alpha value is -3.20. The Morgan fingerprint density at radius 2 is 1.93 bits per heavy atom. The summed E-state index contributed by atoms with van der Waals surface area (Å²) in [5.74, 6) is 0.0869. The number of imidazole rings is 1. The van der Waals surface area contributed by atoms with E-state index in [1.165, 1.54) is 30.3 Å². The van der Waals surface area contributed by atoms with Crippen LogP contribution in [-0.4, -0.2) is 30.4 Å². The molecule has 29 heavy (non-hydrogen) atoms. The van der Waals surface area contributed by atoms with E-state index in [4.69, 9.17) is 0 Å². The molecular formula is C20H21FN4O3S. The molecular weight excluding hydrogens is 395 g/mol. The van der Waals surface area contributed by atoms with E-state index in [0.29, 0.717) is 13.0 Å². The Balaban J connectivity index is 1.61. The highest BCUT2D eigenvalue weighted by Crippen LogP contribution is 2.17. The van der Waals surface area contributed by atoms with Gasteiger partial charge in [0.1, 0.15) is 11.6 Å². The number of hydrogen-bond donors (Lipinski definition) is 2. The minimum atomic E-state index is -3.90. The Morgan fingerprint density at radius 3 is 2.62 bits per heavy atom. The van der Waals surface area contributed by atoms with Gasteiger partial charge in [0, 0.05) is 36.7 Å². The molecule has 0 saturated heterocycles. The van der Waals surface area contributed by atoms with E-state index >= 15 is 0 Å². The van der Waals surface area contributed by atoms with Crippen molar-refractivity contribution in [2.24, 2.45) is 0 Å². The molecule has 0 atom stereocenters. The zero-order chi connectivity index (χ0) is 20.9. The molecule has 1 aromatic heterocycles. The van der Waals surface area contributed by atoms with Gasteiger partial charge in [-0.25, -0.2) is 17.8 Å². The predicted octanol–water partition coefficient (Wildman–Crippen LogP) is 2.95. The number of rotatable bonds is 8. The number of amides is 1. The number of carbonyl (C=O) groups excluding carboxylic acids is 1. The van der Waals surface area contributed by atoms with Gasteiger partial charge < -0.3 is 9.88 Å². The van der Waals surface area contributed by atoms with Crippen molar-refractivity contribution in [3.8, 4) is 0 Å². The smallest absolute Gasteiger partial charge is 0.261 e. The van der Waals surface area contributed by atoms with Crippen LogP contribution in [0.1, 0.15) is 22.6 Å². The van der Waals surface area contributed by atoms with Crippen molar-refractivity contribution in [2.45, 2.75) is 24.8 Å². The molecule has 0 aliphatic carbocycles. The molecule has 3 aromatic rings. The molecule has 0 aliphatic rings. The van der Waals surface area contributed by atoms with E-state index in [9.17, 15) is 17.6 Å². The van der Waals surface area contributed by atoms with Crippen molar-refractivity contribution in [3.05, 3.63) is 78.1 Å². The maximum Gasteiger partial charge on any atom is 0.261 e. The third kappa shape index (κ3) is 5.41. The van der Waals surface area contributed by atoms with Gasteiger partial charge in [-0.15, -0.1) is 0 Å². The average molecular weight is 416 g/mol. The normalized spacial score (nSPS) is 11.2. The number of anilines is 1. The lowest BCUT2D eigenvalue weighted by Gasteiger charge is -2.10. The Morgan fingerprint density at radius 1 is 1.17 bits per heavy atom. The fraction of sp³-hybridized carbons (Fsp3) is 0.200. The standard InChI is InChI=1S/C20H21FN4O3S/c1-15-22-11-13-25(15)12-3-10-23-20(26)16-4-2-5-19(14-16)29(27,28)24-18-8-6-17(21)7-9-18/h2,4-9,11,13-14,24H,3,10,12H2,1H3,(H,23,26). The van der Waals surface area contributed by atoms with Gasteiger partial charge in [-0.05, 0) is 55.8 Å². The second-order valence-corrected chi connectivity index (χ2v) is 8.10. The van der Waals surface area contributed by atoms with E-state index in [2.05, 4.69) is 15.0 Å². The first kappa shape index (κ1) is 20.5. The summed E-state index contributed by atoms with van der Waals surface area (Å²) in [6.45, 7) is 3.08. The monoisotopic (exact) mass is 416 g/mol. The van der Waals surface area contributed by atoms with Crippen LogP contribution in [-0.2, 0) is 16.6 Å². The summed E-state index contributed by atoms with van der Waals surface area (Å²) in [6, 6.07) is 10.7. The van der Waals surface area contributed by atoms with E-state index in [1.54, 1.807) is 12.3 Å². The van der Waals surface area contributed by atoms with Crippen LogP contribution in [0.15, 0.2) is 65.8 Å². The van der Waals surface area contributed by atoms with Gasteiger partial charge in [0.25, 0.3) is 15.9 Å². The molecule has 0 spiro atoms. The molecule has 0 fully saturated rings. The number of benzene rings is 2. The van der Waals surface area contributed by atoms with Gasteiger partial charge in [0.15, 0.2) is 0 Å². The van der Waals surface area contributed by atoms with Crippen molar-refractivity contribution in [1.29, 1.82) is 0 Å². The maximum absolute atomic E-state index is 13.0. The molecule has 1 amide bonds. The molecule has 1 heterocycles. The number of nitrogens with zero attached hydrogens (tertiary/aromatic N) is 2. The van der Waals surface area contributed by atoms with Crippen LogP contribution in [0, 0.1) is 12.7 Å². The van der Waals surface area contributed by atoms with Gasteiger partial charge in [0.2, 0.25) is 0 Å². The topological polar surface area (TPSA) is 93.1 Å². The minimum absolute atomic E-state index is 0.0523. The highest BCUT2D eigenvalue weighted by molar-refractivity contribution is 7.92. The quantitative estimate of drug-likeness (QED) is 0.552. The van der Waals surface area contributed by atoms with Crippen LogP contribution in [0.25, 0.3) is 0 Å². The predicted molar refractivity (Wildman–Crippen MR) is 108 cm³/mol. The first-order chi connectivity index (χ1) is 13.8. The second kappa shape index (κ2) is 8.87. The van der Waals surface area contributed by atoms with E-state index < -0.39 is 15.8 Å². The van der Waals surface area contributed by atoms with Crippen LogP contribution in [0.4, 0.5) is 10.1 Å². The third-order valence-electron chi connectivity index (χ3n) is 4.29. The molecule has 0 radical (unpaired) electrons. The molecule has 0 aliphatic heterocycles. The number of aromatic nitrogens is 2. The fourth-order valence-corrected chi connectivity index (χ4v) is 3.83. The highest BCUT2D eigenvalue weighted by atomic mass is 32.2. The molecule has 152 valence electrons. The van der Waals surface area contributed by atoms with Gasteiger partial charge in [-0.2, -0.15) is 0 Å². The Kier molecular flexibility index (Phi) is 6.28. The summed E-state index contributed by atoms with van der Waals surface area (Å²) in [7, 11) is -3.90. The largest absolute Gasteiger partial charge is 0.352 e. The first-order valence-electron chi connectivity index (χ1n) is 8.99. The summed E-state index contributed by atoms with van der Waals surface area (Å²) >= 11 is 0. The third-order valence-corrected chi connectivity index (χ3v) is 5.67. The first-order valence-corrected chi connectivity index (χ1v) is 10.5. The van der Waals surface area contributed by atoms with Gasteiger partial charge in [-0.3, -0.25) is 9.52 Å². The van der Waals surface area contributed by atoms with Crippen LogP contribution < -0.4 is 10.0 Å². The van der Waals surface area contributed by atoms with E-state index in [1.807, 2.05) is 17.7 Å². The molecule has 7 nitrogen and oxygen atoms in total. The maximum atomic E-state index is 13.0. The number of carbonyl (C=O) groups is 1. The number of nitrogens with one attached hydrogen (secondary N) is 2. The molecule has 3 rings (SSSR count). The summed E-state index contributed by atoms with van der Waals surface area (Å²) in [5.41, 5.74) is 0.474. The fourth-order valence-electron chi connectivity index (χ4n) is 2.73. The van der Waals surface area contributed by atoms with Crippen LogP contribution in [0.2, 0.25) is 0 Å². The van der Waals surface area contributed by atoms with Crippen LogP contribution in [0.3, 0.4) is 0 Å². The van der Waals surface area contributed by atoms with Crippen molar-refractivity contribution in [2.75, 3.05) is 11.3 Å². The second-order valence-electron chi connectivity index (χ2n) is 6.42. The SMILES string of the molecule is Cc1nccn1CCCNC(=O)c1cccc(S(=O)(=O)Nc2ccc(F)cc2)c1. The summed E-state index contributed by atoms with van der Waals surface area (Å²) in [6.07, 6.45) is 4.31. The molecule has 0 saturated carbocycles. The minimum Gasteiger partial charge on any atom is -0.352 e. The van der Waals surface area contributed by atoms with Gasteiger partial charge in [0.05, 0.1) is 4.90 Å². The molecule has 0 bridgehead atoms. The molecule has 9 heteroatoms. The summed E-state index contributed by atoms with van der Waals surface area (Å²) in [4.78, 5) is 16.4. The lowest BCUT2D eigenvalue weighted by atomic mass is 10.2. The zero-order valence-electron chi connectivity index (χ0n) is 15.8. The van der Waals surface area contributed by atoms with Crippen molar-refractivity contribution in [3.63, 3.8) is 0 Å². The van der Waals surface area contributed by atoms with E-state index in [-0.39, 0.29) is 22.1 Å².